The number of piperidine rings is 1. The van der Waals surface area contributed by atoms with Crippen LogP contribution in [0.2, 0.25) is 5.02 Å². The summed E-state index contributed by atoms with van der Waals surface area (Å²) in [6, 6.07) is 10.6. The van der Waals surface area contributed by atoms with Crippen molar-refractivity contribution in [3.8, 4) is 22.9 Å². The van der Waals surface area contributed by atoms with Crippen molar-refractivity contribution in [2.75, 3.05) is 19.8 Å². The molecule has 0 unspecified atom stereocenters. The lowest BCUT2D eigenvalue weighted by Gasteiger charge is -2.32. The molecule has 1 aliphatic rings. The van der Waals surface area contributed by atoms with E-state index in [0.29, 0.717) is 34.1 Å². The first-order valence-electron chi connectivity index (χ1n) is 12.2. The first kappa shape index (κ1) is 23.7. The number of rotatable bonds is 5. The highest BCUT2D eigenvalue weighted by Crippen LogP contribution is 2.38. The maximum Gasteiger partial charge on any atom is 0.321 e. The van der Waals surface area contributed by atoms with Crippen molar-refractivity contribution in [1.29, 1.82) is 0 Å². The van der Waals surface area contributed by atoms with Crippen LogP contribution in [0.1, 0.15) is 24.7 Å². The van der Waals surface area contributed by atoms with E-state index in [9.17, 15) is 0 Å². The Bertz CT molecular complexity index is 1600. The Morgan fingerprint density at radius 3 is 2.57 bits per heavy atom. The van der Waals surface area contributed by atoms with Gasteiger partial charge in [-0.3, -0.25) is 9.88 Å². The average Bonchev–Trinajstić information content (AvgIpc) is 3.25. The van der Waals surface area contributed by atoms with Crippen molar-refractivity contribution in [1.82, 2.24) is 29.4 Å². The van der Waals surface area contributed by atoms with Gasteiger partial charge in [0.1, 0.15) is 22.9 Å². The fraction of sp³-hybridized carbons (Fsp3) is 0.259. The summed E-state index contributed by atoms with van der Waals surface area (Å²) in [7, 11) is 0. The minimum atomic E-state index is -0.402. The molecule has 5 aromatic rings. The van der Waals surface area contributed by atoms with Gasteiger partial charge in [-0.15, -0.1) is 0 Å². The van der Waals surface area contributed by atoms with Crippen molar-refractivity contribution in [3.63, 3.8) is 0 Å². The predicted molar refractivity (Wildman–Crippen MR) is 141 cm³/mol. The van der Waals surface area contributed by atoms with Crippen molar-refractivity contribution in [2.45, 2.75) is 25.8 Å². The monoisotopic (exact) mass is 517 g/mol. The van der Waals surface area contributed by atoms with Crippen LogP contribution in [0.4, 0.5) is 4.39 Å². The van der Waals surface area contributed by atoms with Gasteiger partial charge in [-0.05, 0) is 44.0 Å². The quantitative estimate of drug-likeness (QED) is 0.329. The molecule has 188 valence electrons. The van der Waals surface area contributed by atoms with Gasteiger partial charge >= 0.3 is 6.01 Å². The van der Waals surface area contributed by atoms with Gasteiger partial charge in [0.2, 0.25) is 0 Å². The van der Waals surface area contributed by atoms with Crippen LogP contribution < -0.4 is 10.5 Å². The molecule has 37 heavy (non-hydrogen) atoms. The molecular formula is C27H25ClFN7O. The molecule has 0 radical (unpaired) electrons. The van der Waals surface area contributed by atoms with Crippen LogP contribution in [0, 0.1) is 12.7 Å². The van der Waals surface area contributed by atoms with Gasteiger partial charge in [0.15, 0.2) is 0 Å². The van der Waals surface area contributed by atoms with Crippen molar-refractivity contribution >= 4 is 33.5 Å². The average molecular weight is 518 g/mol. The highest BCUT2D eigenvalue weighted by Gasteiger charge is 2.25. The van der Waals surface area contributed by atoms with Crippen LogP contribution in [0.15, 0.2) is 55.0 Å². The lowest BCUT2D eigenvalue weighted by molar-refractivity contribution is 0.191. The summed E-state index contributed by atoms with van der Waals surface area (Å²) in [6.07, 6.45) is 6.84. The van der Waals surface area contributed by atoms with Crippen LogP contribution >= 0.6 is 11.6 Å². The number of nitrogens with zero attached hydrogens (tertiary/aromatic N) is 6. The SMILES string of the molecule is Cc1nc2cnc3cc(F)c(-c4ccc(Oc5ncccn5)cc4Cl)cc3c2n1C1CCN(CN)CC1. The Hall–Kier alpha value is -3.66. The van der Waals surface area contributed by atoms with E-state index >= 15 is 4.39 Å². The number of benzene rings is 2. The fourth-order valence-electron chi connectivity index (χ4n) is 5.15. The molecule has 4 heterocycles. The van der Waals surface area contributed by atoms with Gasteiger partial charge in [-0.2, -0.15) is 0 Å². The summed E-state index contributed by atoms with van der Waals surface area (Å²) >= 11 is 6.62. The largest absolute Gasteiger partial charge is 0.424 e. The van der Waals surface area contributed by atoms with E-state index in [0.717, 1.165) is 48.2 Å². The third-order valence-corrected chi connectivity index (χ3v) is 7.26. The zero-order valence-corrected chi connectivity index (χ0v) is 21.0. The molecule has 0 bridgehead atoms. The van der Waals surface area contributed by atoms with E-state index in [1.54, 1.807) is 42.9 Å². The number of likely N-dealkylation sites (tertiary alicyclic amines) is 1. The summed E-state index contributed by atoms with van der Waals surface area (Å²) in [5.74, 6) is 0.979. The second-order valence-corrected chi connectivity index (χ2v) is 9.58. The van der Waals surface area contributed by atoms with Gasteiger partial charge in [0, 0.05) is 66.8 Å². The maximum atomic E-state index is 15.4. The number of halogens is 2. The van der Waals surface area contributed by atoms with Crippen molar-refractivity contribution in [2.24, 2.45) is 5.73 Å². The number of imidazole rings is 1. The number of ether oxygens (including phenoxy) is 1. The highest BCUT2D eigenvalue weighted by molar-refractivity contribution is 6.33. The van der Waals surface area contributed by atoms with E-state index in [1.165, 1.54) is 6.07 Å². The molecule has 6 rings (SSSR count). The van der Waals surface area contributed by atoms with Gasteiger partial charge in [0.05, 0.1) is 22.3 Å². The second kappa shape index (κ2) is 9.66. The molecule has 2 N–H and O–H groups in total. The second-order valence-electron chi connectivity index (χ2n) is 9.18. The highest BCUT2D eigenvalue weighted by atomic mass is 35.5. The minimum absolute atomic E-state index is 0.206. The fourth-order valence-corrected chi connectivity index (χ4v) is 5.42. The number of fused-ring (bicyclic) bond motifs is 3. The summed E-state index contributed by atoms with van der Waals surface area (Å²) in [5, 5.41) is 1.19. The molecule has 2 aromatic carbocycles. The van der Waals surface area contributed by atoms with Crippen LogP contribution in [-0.2, 0) is 0 Å². The van der Waals surface area contributed by atoms with E-state index < -0.39 is 5.82 Å². The molecule has 0 saturated carbocycles. The molecule has 0 aliphatic carbocycles. The predicted octanol–water partition coefficient (Wildman–Crippen LogP) is 5.49. The van der Waals surface area contributed by atoms with Gasteiger partial charge in [0.25, 0.3) is 0 Å². The summed E-state index contributed by atoms with van der Waals surface area (Å²) in [4.78, 5) is 19.7. The smallest absolute Gasteiger partial charge is 0.321 e. The number of aryl methyl sites for hydroxylation is 1. The van der Waals surface area contributed by atoms with E-state index in [4.69, 9.17) is 27.1 Å². The topological polar surface area (TPSA) is 95.0 Å². The lowest BCUT2D eigenvalue weighted by atomic mass is 10.0. The normalized spacial score (nSPS) is 15.0. The van der Waals surface area contributed by atoms with Gasteiger partial charge in [-0.1, -0.05) is 11.6 Å². The molecule has 8 nitrogen and oxygen atoms in total. The van der Waals surface area contributed by atoms with E-state index in [1.807, 2.05) is 13.0 Å². The molecular weight excluding hydrogens is 493 g/mol. The molecule has 3 aromatic heterocycles. The number of nitrogens with two attached hydrogens (primary N) is 1. The van der Waals surface area contributed by atoms with Gasteiger partial charge in [-0.25, -0.2) is 19.3 Å². The zero-order chi connectivity index (χ0) is 25.5. The lowest BCUT2D eigenvalue weighted by Crippen LogP contribution is -2.38. The minimum Gasteiger partial charge on any atom is -0.424 e. The maximum absolute atomic E-state index is 15.4. The number of pyridine rings is 1. The molecule has 0 spiro atoms. The summed E-state index contributed by atoms with van der Waals surface area (Å²) in [6.45, 7) is 4.44. The molecule has 0 atom stereocenters. The molecule has 1 fully saturated rings. The van der Waals surface area contributed by atoms with Crippen LogP contribution in [0.3, 0.4) is 0 Å². The molecule has 0 amide bonds. The first-order valence-corrected chi connectivity index (χ1v) is 12.5. The number of hydrogen-bond acceptors (Lipinski definition) is 7. The van der Waals surface area contributed by atoms with Crippen molar-refractivity contribution < 1.29 is 9.13 Å². The standard InChI is InChI=1S/C27H25ClFN7O/c1-16-34-25-14-33-24-13-23(29)20(12-21(24)26(25)36(16)17-5-9-35(15-30)10-6-17)19-4-3-18(11-22(19)28)37-27-31-7-2-8-32-27/h2-4,7-8,11-14,17H,5-6,9-10,15,30H2,1H3. The Kier molecular flexibility index (Phi) is 6.19. The molecule has 1 saturated heterocycles. The Morgan fingerprint density at radius 2 is 1.84 bits per heavy atom. The number of aromatic nitrogens is 5. The number of hydrogen-bond donors (Lipinski definition) is 1. The Balaban J connectivity index is 1.44. The van der Waals surface area contributed by atoms with Crippen molar-refractivity contribution in [3.05, 3.63) is 71.7 Å². The van der Waals surface area contributed by atoms with Crippen LogP contribution in [0.25, 0.3) is 33.1 Å². The van der Waals surface area contributed by atoms with E-state index in [2.05, 4.69) is 24.4 Å². The van der Waals surface area contributed by atoms with Gasteiger partial charge < -0.3 is 15.0 Å². The van der Waals surface area contributed by atoms with Crippen LogP contribution in [0.5, 0.6) is 11.8 Å². The third-order valence-electron chi connectivity index (χ3n) is 6.94. The van der Waals surface area contributed by atoms with Crippen LogP contribution in [-0.4, -0.2) is 49.2 Å². The summed E-state index contributed by atoms with van der Waals surface area (Å²) in [5.41, 5.74) is 9.12. The van der Waals surface area contributed by atoms with E-state index in [-0.39, 0.29) is 12.1 Å². The molecule has 10 heteroatoms. The first-order chi connectivity index (χ1) is 18.0. The Morgan fingerprint density at radius 1 is 1.05 bits per heavy atom. The summed E-state index contributed by atoms with van der Waals surface area (Å²) < 4.78 is 23.3. The zero-order valence-electron chi connectivity index (χ0n) is 20.2. The third kappa shape index (κ3) is 4.39. The Labute approximate surface area is 217 Å². The molecule has 1 aliphatic heterocycles.